The molecular formula is C20H19ClFNO5. The van der Waals surface area contributed by atoms with E-state index in [1.54, 1.807) is 31.2 Å². The van der Waals surface area contributed by atoms with E-state index in [0.29, 0.717) is 16.3 Å². The highest BCUT2D eigenvalue weighted by Gasteiger charge is 2.35. The highest BCUT2D eigenvalue weighted by atomic mass is 35.5. The summed E-state index contributed by atoms with van der Waals surface area (Å²) in [6, 6.07) is 9.43. The summed E-state index contributed by atoms with van der Waals surface area (Å²) in [5.41, 5.74) is 1.06. The number of hydrogen-bond acceptors (Lipinski definition) is 5. The van der Waals surface area contributed by atoms with Crippen LogP contribution in [-0.4, -0.2) is 31.7 Å². The van der Waals surface area contributed by atoms with Crippen LogP contribution in [0.15, 0.2) is 36.4 Å². The third-order valence-corrected chi connectivity index (χ3v) is 4.53. The largest absolute Gasteiger partial charge is 0.494 e. The Labute approximate surface area is 166 Å². The molecule has 3 rings (SSSR count). The number of halogens is 2. The second kappa shape index (κ2) is 8.58. The van der Waals surface area contributed by atoms with Crippen LogP contribution in [0.2, 0.25) is 5.02 Å². The third-order valence-electron chi connectivity index (χ3n) is 4.30. The standard InChI is InChI=1S/C20H19ClFNO5/c1-3-27-17(24)10-16-20(25)23-14-8-7-11(21)9-13(14)19(28-16)12-5-4-6-15(26-2)18(12)22/h4-9,16,19H,3,10H2,1-2H3,(H,23,25)/t16-,19-/m1/s1. The highest BCUT2D eigenvalue weighted by molar-refractivity contribution is 6.30. The quantitative estimate of drug-likeness (QED) is 0.762. The Morgan fingerprint density at radius 2 is 2.07 bits per heavy atom. The van der Waals surface area contributed by atoms with E-state index in [1.807, 2.05) is 0 Å². The highest BCUT2D eigenvalue weighted by Crippen LogP contribution is 2.39. The van der Waals surface area contributed by atoms with Crippen LogP contribution in [0.4, 0.5) is 10.1 Å². The van der Waals surface area contributed by atoms with Gasteiger partial charge in [-0.2, -0.15) is 0 Å². The molecule has 28 heavy (non-hydrogen) atoms. The van der Waals surface area contributed by atoms with Gasteiger partial charge in [-0.25, -0.2) is 4.39 Å². The van der Waals surface area contributed by atoms with E-state index in [1.165, 1.54) is 19.2 Å². The Kier molecular flexibility index (Phi) is 6.16. The van der Waals surface area contributed by atoms with Gasteiger partial charge in [0.05, 0.1) is 20.1 Å². The van der Waals surface area contributed by atoms with Crippen LogP contribution in [0.25, 0.3) is 0 Å². The number of hydrogen-bond donors (Lipinski definition) is 1. The minimum Gasteiger partial charge on any atom is -0.494 e. The molecule has 0 fully saturated rings. The van der Waals surface area contributed by atoms with Crippen molar-refractivity contribution in [1.29, 1.82) is 0 Å². The monoisotopic (exact) mass is 407 g/mol. The first-order chi connectivity index (χ1) is 13.4. The van der Waals surface area contributed by atoms with Crippen molar-refractivity contribution in [2.75, 3.05) is 19.0 Å². The first-order valence-corrected chi connectivity index (χ1v) is 9.06. The van der Waals surface area contributed by atoms with Crippen LogP contribution in [0, 0.1) is 5.82 Å². The van der Waals surface area contributed by atoms with E-state index in [2.05, 4.69) is 5.32 Å². The number of methoxy groups -OCH3 is 1. The summed E-state index contributed by atoms with van der Waals surface area (Å²) in [6.07, 6.45) is -2.45. The number of rotatable bonds is 5. The van der Waals surface area contributed by atoms with Gasteiger partial charge in [0.2, 0.25) is 0 Å². The summed E-state index contributed by atoms with van der Waals surface area (Å²) in [5.74, 6) is -1.70. The molecule has 2 aromatic rings. The maximum atomic E-state index is 15.0. The molecule has 1 heterocycles. The van der Waals surface area contributed by atoms with Crippen molar-refractivity contribution in [2.45, 2.75) is 25.6 Å². The zero-order valence-corrected chi connectivity index (χ0v) is 16.1. The Morgan fingerprint density at radius 1 is 1.29 bits per heavy atom. The summed E-state index contributed by atoms with van der Waals surface area (Å²) >= 11 is 6.12. The fourth-order valence-electron chi connectivity index (χ4n) is 3.02. The van der Waals surface area contributed by atoms with E-state index in [0.717, 1.165) is 0 Å². The molecule has 1 aliphatic rings. The molecule has 8 heteroatoms. The number of fused-ring (bicyclic) bond motifs is 1. The van der Waals surface area contributed by atoms with Crippen molar-refractivity contribution in [3.8, 4) is 5.75 Å². The molecule has 0 aromatic heterocycles. The second-order valence-corrected chi connectivity index (χ2v) is 6.53. The van der Waals surface area contributed by atoms with E-state index in [9.17, 15) is 14.0 Å². The summed E-state index contributed by atoms with van der Waals surface area (Å²) in [4.78, 5) is 24.5. The lowest BCUT2D eigenvalue weighted by Crippen LogP contribution is -2.32. The lowest BCUT2D eigenvalue weighted by Gasteiger charge is -2.22. The summed E-state index contributed by atoms with van der Waals surface area (Å²) in [7, 11) is 1.36. The topological polar surface area (TPSA) is 73.9 Å². The van der Waals surface area contributed by atoms with Crippen molar-refractivity contribution in [2.24, 2.45) is 0 Å². The van der Waals surface area contributed by atoms with Gasteiger partial charge in [0.25, 0.3) is 5.91 Å². The van der Waals surface area contributed by atoms with Crippen molar-refractivity contribution in [3.05, 3.63) is 58.4 Å². The molecule has 0 unspecified atom stereocenters. The zero-order valence-electron chi connectivity index (χ0n) is 15.3. The number of esters is 1. The molecule has 148 valence electrons. The van der Waals surface area contributed by atoms with Gasteiger partial charge in [0.1, 0.15) is 12.2 Å². The number of benzene rings is 2. The van der Waals surface area contributed by atoms with Crippen LogP contribution in [0.1, 0.15) is 30.6 Å². The summed E-state index contributed by atoms with van der Waals surface area (Å²) in [5, 5.41) is 3.11. The first kappa shape index (κ1) is 20.1. The zero-order chi connectivity index (χ0) is 20.3. The molecule has 0 spiro atoms. The number of carbonyl (C=O) groups excluding carboxylic acids is 2. The maximum absolute atomic E-state index is 15.0. The lowest BCUT2D eigenvalue weighted by molar-refractivity contribution is -0.150. The summed E-state index contributed by atoms with van der Waals surface area (Å²) < 4.78 is 30.8. The average molecular weight is 408 g/mol. The van der Waals surface area contributed by atoms with Crippen molar-refractivity contribution in [3.63, 3.8) is 0 Å². The van der Waals surface area contributed by atoms with Gasteiger partial charge >= 0.3 is 5.97 Å². The van der Waals surface area contributed by atoms with Gasteiger partial charge in [0.15, 0.2) is 11.6 Å². The number of ether oxygens (including phenoxy) is 3. The van der Waals surface area contributed by atoms with E-state index in [4.69, 9.17) is 25.8 Å². The minimum absolute atomic E-state index is 0.0372. The fraction of sp³-hybridized carbons (Fsp3) is 0.300. The smallest absolute Gasteiger partial charge is 0.308 e. The van der Waals surface area contributed by atoms with E-state index >= 15 is 0 Å². The predicted molar refractivity (Wildman–Crippen MR) is 101 cm³/mol. The molecule has 0 saturated heterocycles. The normalized spacial score (nSPS) is 18.6. The number of nitrogens with one attached hydrogen (secondary N) is 1. The maximum Gasteiger partial charge on any atom is 0.308 e. The van der Waals surface area contributed by atoms with Crippen molar-refractivity contribution < 1.29 is 28.2 Å². The van der Waals surface area contributed by atoms with Crippen LogP contribution in [-0.2, 0) is 19.1 Å². The van der Waals surface area contributed by atoms with Gasteiger partial charge in [-0.15, -0.1) is 0 Å². The van der Waals surface area contributed by atoms with Gasteiger partial charge in [0, 0.05) is 21.8 Å². The minimum atomic E-state index is -1.17. The second-order valence-electron chi connectivity index (χ2n) is 6.10. The van der Waals surface area contributed by atoms with Crippen molar-refractivity contribution in [1.82, 2.24) is 0 Å². The number of amides is 1. The Morgan fingerprint density at radius 3 is 2.79 bits per heavy atom. The molecule has 1 aliphatic heterocycles. The molecular weight excluding hydrogens is 389 g/mol. The molecule has 1 amide bonds. The molecule has 0 saturated carbocycles. The van der Waals surface area contributed by atoms with Crippen LogP contribution in [0.3, 0.4) is 0 Å². The van der Waals surface area contributed by atoms with Gasteiger partial charge in [-0.05, 0) is 31.2 Å². The van der Waals surface area contributed by atoms with Crippen molar-refractivity contribution >= 4 is 29.2 Å². The summed E-state index contributed by atoms with van der Waals surface area (Å²) in [6.45, 7) is 1.84. The molecule has 0 bridgehead atoms. The Balaban J connectivity index is 2.08. The van der Waals surface area contributed by atoms with Gasteiger partial charge < -0.3 is 19.5 Å². The predicted octanol–water partition coefficient (Wildman–Crippen LogP) is 3.87. The lowest BCUT2D eigenvalue weighted by atomic mass is 9.99. The van der Waals surface area contributed by atoms with Gasteiger partial charge in [-0.3, -0.25) is 9.59 Å². The molecule has 0 aliphatic carbocycles. The molecule has 1 N–H and O–H groups in total. The van der Waals surface area contributed by atoms with Crippen LogP contribution < -0.4 is 10.1 Å². The fourth-order valence-corrected chi connectivity index (χ4v) is 3.20. The first-order valence-electron chi connectivity index (χ1n) is 8.68. The molecule has 2 atom stereocenters. The van der Waals surface area contributed by atoms with Crippen LogP contribution >= 0.6 is 11.6 Å². The van der Waals surface area contributed by atoms with E-state index in [-0.39, 0.29) is 24.3 Å². The van der Waals surface area contributed by atoms with Crippen LogP contribution in [0.5, 0.6) is 5.75 Å². The third kappa shape index (κ3) is 4.10. The van der Waals surface area contributed by atoms with E-state index < -0.39 is 29.9 Å². The SMILES string of the molecule is CCOC(=O)C[C@H]1O[C@H](c2cccc(OC)c2F)c2cc(Cl)ccc2NC1=O. The molecule has 2 aromatic carbocycles. The average Bonchev–Trinajstić information content (AvgIpc) is 2.79. The number of anilines is 1. The Bertz CT molecular complexity index is 904. The molecule has 6 nitrogen and oxygen atoms in total. The van der Waals surface area contributed by atoms with Gasteiger partial charge in [-0.1, -0.05) is 23.7 Å². The molecule has 0 radical (unpaired) electrons. The Hall–Kier alpha value is -2.64. The number of carbonyl (C=O) groups is 2.